The molecule has 0 aromatic heterocycles. The summed E-state index contributed by atoms with van der Waals surface area (Å²) in [5, 5.41) is 0.654. The maximum Gasteiger partial charge on any atom is 0.312 e. The molecule has 4 rings (SSSR count). The molecule has 0 spiro atoms. The van der Waals surface area contributed by atoms with Gasteiger partial charge >= 0.3 is 11.8 Å². The highest BCUT2D eigenvalue weighted by Crippen LogP contribution is 2.30. The van der Waals surface area contributed by atoms with Crippen molar-refractivity contribution in [2.24, 2.45) is 0 Å². The Bertz CT molecular complexity index is 1290. The van der Waals surface area contributed by atoms with Crippen LogP contribution in [-0.2, 0) is 22.7 Å². The van der Waals surface area contributed by atoms with Crippen LogP contribution in [0.25, 0.3) is 0 Å². The number of methoxy groups -OCH3 is 1. The Morgan fingerprint density at radius 3 is 2.34 bits per heavy atom. The summed E-state index contributed by atoms with van der Waals surface area (Å²) in [5.41, 5.74) is 2.94. The number of likely N-dealkylation sites (N-methyl/N-ethyl adjacent to an activating group) is 1. The van der Waals surface area contributed by atoms with Crippen LogP contribution >= 0.6 is 27.5 Å². The Labute approximate surface area is 237 Å². The molecule has 1 fully saturated rings. The minimum absolute atomic E-state index is 0.244. The van der Waals surface area contributed by atoms with E-state index in [9.17, 15) is 9.59 Å². The first-order valence-corrected chi connectivity index (χ1v) is 13.5. The molecule has 0 aliphatic carbocycles. The molecule has 3 aromatic carbocycles. The van der Waals surface area contributed by atoms with Gasteiger partial charge in [0.05, 0.1) is 7.11 Å². The monoisotopic (exact) mass is 599 g/mol. The van der Waals surface area contributed by atoms with Crippen molar-refractivity contribution in [1.82, 2.24) is 14.7 Å². The molecule has 1 aliphatic heterocycles. The summed E-state index contributed by atoms with van der Waals surface area (Å²) in [6.45, 7) is 5.17. The number of carbonyl (C=O) groups excluding carboxylic acids is 2. The number of rotatable bonds is 7. The van der Waals surface area contributed by atoms with E-state index in [0.29, 0.717) is 49.2 Å². The number of hydrogen-bond acceptors (Lipinski definition) is 5. The largest absolute Gasteiger partial charge is 0.496 e. The number of ether oxygens (including phenoxy) is 2. The SMILES string of the molecule is COc1ccc(Cl)cc1CN1CCN(C(=O)C(=O)N(C)Cc2ccc(Br)cc2Oc2ccc(C)cc2)CC1. The van der Waals surface area contributed by atoms with Gasteiger partial charge in [0.15, 0.2) is 0 Å². The number of halogens is 2. The first kappa shape index (κ1) is 28.0. The van der Waals surface area contributed by atoms with Crippen molar-refractivity contribution in [2.45, 2.75) is 20.0 Å². The summed E-state index contributed by atoms with van der Waals surface area (Å²) in [6, 6.07) is 19.0. The van der Waals surface area contributed by atoms with Crippen molar-refractivity contribution in [1.29, 1.82) is 0 Å². The fraction of sp³-hybridized carbons (Fsp3) is 0.310. The molecule has 7 nitrogen and oxygen atoms in total. The summed E-state index contributed by atoms with van der Waals surface area (Å²) in [7, 11) is 3.27. The standard InChI is InChI=1S/C29H31BrClN3O4/c1-20-4-9-25(10-5-20)38-27-17-23(30)7-6-21(27)18-32(2)28(35)29(36)34-14-12-33(13-15-34)19-22-16-24(31)8-11-26(22)37-3/h4-11,16-17H,12-15,18-19H2,1-3H3. The van der Waals surface area contributed by atoms with E-state index < -0.39 is 11.8 Å². The summed E-state index contributed by atoms with van der Waals surface area (Å²) in [4.78, 5) is 31.4. The number of hydrogen-bond donors (Lipinski definition) is 0. The molecule has 1 aliphatic rings. The van der Waals surface area contributed by atoms with Crippen LogP contribution in [0.2, 0.25) is 5.02 Å². The highest BCUT2D eigenvalue weighted by atomic mass is 79.9. The van der Waals surface area contributed by atoms with E-state index in [0.717, 1.165) is 26.9 Å². The van der Waals surface area contributed by atoms with Crippen LogP contribution in [0.5, 0.6) is 17.2 Å². The topological polar surface area (TPSA) is 62.3 Å². The minimum Gasteiger partial charge on any atom is -0.496 e. The first-order valence-electron chi connectivity index (χ1n) is 12.4. The van der Waals surface area contributed by atoms with Gasteiger partial charge in [-0.3, -0.25) is 14.5 Å². The zero-order valence-corrected chi connectivity index (χ0v) is 24.1. The molecule has 2 amide bonds. The van der Waals surface area contributed by atoms with Gasteiger partial charge in [0.2, 0.25) is 0 Å². The molecular formula is C29H31BrClN3O4. The fourth-order valence-corrected chi connectivity index (χ4v) is 4.87. The lowest BCUT2D eigenvalue weighted by Gasteiger charge is -2.35. The van der Waals surface area contributed by atoms with Crippen LogP contribution < -0.4 is 9.47 Å². The molecule has 38 heavy (non-hydrogen) atoms. The quantitative estimate of drug-likeness (QED) is 0.335. The average molecular weight is 601 g/mol. The molecule has 9 heteroatoms. The smallest absolute Gasteiger partial charge is 0.312 e. The van der Waals surface area contributed by atoms with Crippen molar-refractivity contribution in [3.05, 3.63) is 86.8 Å². The average Bonchev–Trinajstić information content (AvgIpc) is 2.91. The summed E-state index contributed by atoms with van der Waals surface area (Å²) < 4.78 is 12.4. The number of nitrogens with zero attached hydrogens (tertiary/aromatic N) is 3. The van der Waals surface area contributed by atoms with Gasteiger partial charge in [-0.1, -0.05) is 51.3 Å². The van der Waals surface area contributed by atoms with E-state index in [1.165, 1.54) is 4.90 Å². The van der Waals surface area contributed by atoms with Gasteiger partial charge in [-0.15, -0.1) is 0 Å². The zero-order valence-electron chi connectivity index (χ0n) is 21.7. The number of amides is 2. The third kappa shape index (κ3) is 7.07. The van der Waals surface area contributed by atoms with Gasteiger partial charge in [-0.2, -0.15) is 0 Å². The normalized spacial score (nSPS) is 13.8. The molecule has 1 saturated heterocycles. The fourth-order valence-electron chi connectivity index (χ4n) is 4.33. The van der Waals surface area contributed by atoms with Crippen molar-refractivity contribution in [3.63, 3.8) is 0 Å². The Kier molecular flexibility index (Phi) is 9.31. The van der Waals surface area contributed by atoms with E-state index in [2.05, 4.69) is 20.8 Å². The van der Waals surface area contributed by atoms with Crippen LogP contribution in [0.4, 0.5) is 0 Å². The minimum atomic E-state index is -0.542. The van der Waals surface area contributed by atoms with Crippen LogP contribution in [0.15, 0.2) is 65.1 Å². The number of benzene rings is 3. The lowest BCUT2D eigenvalue weighted by Crippen LogP contribution is -2.52. The molecule has 200 valence electrons. The van der Waals surface area contributed by atoms with E-state index in [1.54, 1.807) is 25.1 Å². The molecule has 0 unspecified atom stereocenters. The van der Waals surface area contributed by atoms with E-state index in [4.69, 9.17) is 21.1 Å². The summed E-state index contributed by atoms with van der Waals surface area (Å²) in [6.07, 6.45) is 0. The second-order valence-corrected chi connectivity index (χ2v) is 10.7. The highest BCUT2D eigenvalue weighted by molar-refractivity contribution is 9.10. The summed E-state index contributed by atoms with van der Waals surface area (Å²) in [5.74, 6) is 1.07. The lowest BCUT2D eigenvalue weighted by molar-refractivity contribution is -0.152. The zero-order chi connectivity index (χ0) is 27.2. The van der Waals surface area contributed by atoms with Crippen LogP contribution in [-0.4, -0.2) is 66.9 Å². The Hall–Kier alpha value is -3.07. The van der Waals surface area contributed by atoms with E-state index in [-0.39, 0.29) is 6.54 Å². The van der Waals surface area contributed by atoms with Gasteiger partial charge in [0, 0.05) is 66.9 Å². The molecule has 0 N–H and O–H groups in total. The van der Waals surface area contributed by atoms with Gasteiger partial charge in [-0.05, 0) is 49.4 Å². The van der Waals surface area contributed by atoms with Gasteiger partial charge in [0.1, 0.15) is 17.2 Å². The predicted molar refractivity (Wildman–Crippen MR) is 152 cm³/mol. The molecule has 1 heterocycles. The maximum absolute atomic E-state index is 13.1. The van der Waals surface area contributed by atoms with Crippen molar-refractivity contribution < 1.29 is 19.1 Å². The summed E-state index contributed by atoms with van der Waals surface area (Å²) >= 11 is 9.65. The second-order valence-electron chi connectivity index (χ2n) is 9.35. The lowest BCUT2D eigenvalue weighted by atomic mass is 10.1. The van der Waals surface area contributed by atoms with Crippen molar-refractivity contribution >= 4 is 39.3 Å². The third-order valence-electron chi connectivity index (χ3n) is 6.51. The molecule has 3 aromatic rings. The molecular weight excluding hydrogens is 570 g/mol. The van der Waals surface area contributed by atoms with Crippen LogP contribution in [0, 0.1) is 6.92 Å². The Balaban J connectivity index is 1.35. The Morgan fingerprint density at radius 2 is 1.66 bits per heavy atom. The Morgan fingerprint density at radius 1 is 0.947 bits per heavy atom. The van der Waals surface area contributed by atoms with E-state index in [1.807, 2.05) is 61.5 Å². The highest BCUT2D eigenvalue weighted by Gasteiger charge is 2.29. The van der Waals surface area contributed by atoms with Gasteiger partial charge < -0.3 is 19.3 Å². The predicted octanol–water partition coefficient (Wildman–Crippen LogP) is 5.51. The third-order valence-corrected chi connectivity index (χ3v) is 7.24. The van der Waals surface area contributed by atoms with Crippen molar-refractivity contribution in [2.75, 3.05) is 40.3 Å². The number of carbonyl (C=O) groups is 2. The first-order chi connectivity index (χ1) is 18.2. The second kappa shape index (κ2) is 12.7. The molecule has 0 atom stereocenters. The number of piperazine rings is 1. The van der Waals surface area contributed by atoms with Crippen molar-refractivity contribution in [3.8, 4) is 17.2 Å². The van der Waals surface area contributed by atoms with Crippen LogP contribution in [0.1, 0.15) is 16.7 Å². The van der Waals surface area contributed by atoms with E-state index >= 15 is 0 Å². The molecule has 0 saturated carbocycles. The molecule has 0 bridgehead atoms. The maximum atomic E-state index is 13.1. The molecule has 0 radical (unpaired) electrons. The van der Waals surface area contributed by atoms with Gasteiger partial charge in [0.25, 0.3) is 0 Å². The van der Waals surface area contributed by atoms with Gasteiger partial charge in [-0.25, -0.2) is 0 Å². The van der Waals surface area contributed by atoms with Crippen LogP contribution in [0.3, 0.4) is 0 Å². The number of aryl methyl sites for hydroxylation is 1.